The Bertz CT molecular complexity index is 973. The molecule has 134 valence electrons. The van der Waals surface area contributed by atoms with Crippen LogP contribution in [-0.4, -0.2) is 37.1 Å². The van der Waals surface area contributed by atoms with Gasteiger partial charge < -0.3 is 0 Å². The van der Waals surface area contributed by atoms with E-state index in [0.717, 1.165) is 11.4 Å². The van der Waals surface area contributed by atoms with Crippen LogP contribution in [0, 0.1) is 13.8 Å². The molecule has 0 spiro atoms. The molecule has 2 aromatic heterocycles. The number of nitrogens with one attached hydrogen (secondary N) is 2. The van der Waals surface area contributed by atoms with E-state index < -0.39 is 5.91 Å². The SMILES string of the molecule is Cc1cc(C)n2c(SCC(=O)NNC(=O)c3ccc(Cl)cc3)nnc2n1. The number of hydrogen-bond acceptors (Lipinski definition) is 6. The van der Waals surface area contributed by atoms with E-state index in [-0.39, 0.29) is 11.7 Å². The van der Waals surface area contributed by atoms with Crippen LogP contribution in [-0.2, 0) is 4.79 Å². The Balaban J connectivity index is 1.56. The molecular formula is C16H15ClN6O2S. The van der Waals surface area contributed by atoms with Crippen LogP contribution >= 0.6 is 23.4 Å². The van der Waals surface area contributed by atoms with Gasteiger partial charge in [0.1, 0.15) is 0 Å². The minimum absolute atomic E-state index is 0.0645. The molecule has 0 radical (unpaired) electrons. The van der Waals surface area contributed by atoms with Crippen molar-refractivity contribution < 1.29 is 9.59 Å². The number of hydrogen-bond donors (Lipinski definition) is 2. The molecule has 26 heavy (non-hydrogen) atoms. The summed E-state index contributed by atoms with van der Waals surface area (Å²) in [5.41, 5.74) is 6.89. The van der Waals surface area contributed by atoms with Gasteiger partial charge in [0.05, 0.1) is 5.75 Å². The van der Waals surface area contributed by atoms with E-state index in [1.54, 1.807) is 28.7 Å². The molecule has 3 rings (SSSR count). The number of carbonyl (C=O) groups is 2. The number of amides is 2. The van der Waals surface area contributed by atoms with Crippen LogP contribution < -0.4 is 10.9 Å². The van der Waals surface area contributed by atoms with Crippen molar-refractivity contribution in [2.75, 3.05) is 5.75 Å². The molecule has 3 aromatic rings. The predicted octanol–water partition coefficient (Wildman–Crippen LogP) is 1.95. The van der Waals surface area contributed by atoms with Gasteiger partial charge in [-0.15, -0.1) is 10.2 Å². The van der Waals surface area contributed by atoms with E-state index in [9.17, 15) is 9.59 Å². The largest absolute Gasteiger partial charge is 0.272 e. The number of carbonyl (C=O) groups excluding carboxylic acids is 2. The molecule has 2 N–H and O–H groups in total. The second-order valence-electron chi connectivity index (χ2n) is 5.45. The number of halogens is 1. The standard InChI is InChI=1S/C16H15ClN6O2S/c1-9-7-10(2)23-15(18-9)21-22-16(23)26-8-13(24)19-20-14(25)11-3-5-12(17)6-4-11/h3-7H,8H2,1-2H3,(H,19,24)(H,20,25). The number of hydrazine groups is 1. The topological polar surface area (TPSA) is 101 Å². The van der Waals surface area contributed by atoms with Gasteiger partial charge in [0, 0.05) is 22.0 Å². The van der Waals surface area contributed by atoms with Crippen LogP contribution in [0.25, 0.3) is 5.78 Å². The summed E-state index contributed by atoms with van der Waals surface area (Å²) in [4.78, 5) is 28.2. The molecule has 10 heteroatoms. The summed E-state index contributed by atoms with van der Waals surface area (Å²) in [6.45, 7) is 3.80. The highest BCUT2D eigenvalue weighted by molar-refractivity contribution is 7.99. The van der Waals surface area contributed by atoms with Crippen molar-refractivity contribution in [3.63, 3.8) is 0 Å². The number of benzene rings is 1. The normalized spacial score (nSPS) is 10.7. The first-order valence-electron chi connectivity index (χ1n) is 7.61. The third kappa shape index (κ3) is 4.12. The van der Waals surface area contributed by atoms with E-state index in [1.165, 1.54) is 11.8 Å². The average Bonchev–Trinajstić information content (AvgIpc) is 3.01. The van der Waals surface area contributed by atoms with Crippen molar-refractivity contribution in [2.45, 2.75) is 19.0 Å². The molecule has 8 nitrogen and oxygen atoms in total. The molecule has 0 fully saturated rings. The fraction of sp³-hybridized carbons (Fsp3) is 0.188. The molecule has 0 bridgehead atoms. The Hall–Kier alpha value is -2.65. The number of thioether (sulfide) groups is 1. The predicted molar refractivity (Wildman–Crippen MR) is 98.0 cm³/mol. The van der Waals surface area contributed by atoms with Crippen LogP contribution in [0.1, 0.15) is 21.7 Å². The Labute approximate surface area is 158 Å². The summed E-state index contributed by atoms with van der Waals surface area (Å²) < 4.78 is 1.78. The number of aryl methyl sites for hydroxylation is 2. The Morgan fingerprint density at radius 1 is 1.15 bits per heavy atom. The number of fused-ring (bicyclic) bond motifs is 1. The van der Waals surface area contributed by atoms with E-state index in [2.05, 4.69) is 26.0 Å². The second-order valence-corrected chi connectivity index (χ2v) is 6.83. The number of nitrogens with zero attached hydrogens (tertiary/aromatic N) is 4. The van der Waals surface area contributed by atoms with Crippen LogP contribution in [0.15, 0.2) is 35.5 Å². The van der Waals surface area contributed by atoms with Crippen molar-refractivity contribution in [1.82, 2.24) is 30.4 Å². The fourth-order valence-electron chi connectivity index (χ4n) is 2.26. The number of aromatic nitrogens is 4. The molecule has 2 amide bonds. The summed E-state index contributed by atoms with van der Waals surface area (Å²) in [6.07, 6.45) is 0. The van der Waals surface area contributed by atoms with Crippen molar-refractivity contribution in [3.05, 3.63) is 52.3 Å². The van der Waals surface area contributed by atoms with Gasteiger partial charge >= 0.3 is 0 Å². The average molecular weight is 391 g/mol. The highest BCUT2D eigenvalue weighted by atomic mass is 35.5. The lowest BCUT2D eigenvalue weighted by Gasteiger charge is -2.07. The molecule has 2 heterocycles. The van der Waals surface area contributed by atoms with Crippen LogP contribution in [0.3, 0.4) is 0 Å². The third-order valence-corrected chi connectivity index (χ3v) is 4.60. The maximum absolute atomic E-state index is 12.0. The summed E-state index contributed by atoms with van der Waals surface area (Å²) in [6, 6.07) is 8.25. The van der Waals surface area contributed by atoms with Gasteiger partial charge in [-0.2, -0.15) is 0 Å². The molecule has 0 aliphatic carbocycles. The summed E-state index contributed by atoms with van der Waals surface area (Å²) in [5.74, 6) is -0.244. The van der Waals surface area contributed by atoms with Gasteiger partial charge in [-0.3, -0.25) is 24.8 Å². The first-order valence-corrected chi connectivity index (χ1v) is 8.97. The minimum atomic E-state index is -0.427. The van der Waals surface area contributed by atoms with Gasteiger partial charge in [0.25, 0.3) is 11.7 Å². The maximum atomic E-state index is 12.0. The molecule has 0 unspecified atom stereocenters. The quantitative estimate of drug-likeness (QED) is 0.521. The second kappa shape index (κ2) is 7.71. The highest BCUT2D eigenvalue weighted by Gasteiger charge is 2.13. The lowest BCUT2D eigenvalue weighted by Crippen LogP contribution is -2.42. The monoisotopic (exact) mass is 390 g/mol. The maximum Gasteiger partial charge on any atom is 0.269 e. The molecule has 0 aliphatic heterocycles. The van der Waals surface area contributed by atoms with Gasteiger partial charge in [-0.25, -0.2) is 4.98 Å². The minimum Gasteiger partial charge on any atom is -0.272 e. The van der Waals surface area contributed by atoms with E-state index in [0.29, 0.717) is 21.5 Å². The Morgan fingerprint density at radius 2 is 1.88 bits per heavy atom. The van der Waals surface area contributed by atoms with Crippen molar-refractivity contribution in [1.29, 1.82) is 0 Å². The zero-order chi connectivity index (χ0) is 18.7. The van der Waals surface area contributed by atoms with Crippen molar-refractivity contribution >= 4 is 41.0 Å². The zero-order valence-electron chi connectivity index (χ0n) is 14.0. The molecule has 0 atom stereocenters. The molecule has 0 aliphatic rings. The lowest BCUT2D eigenvalue weighted by molar-refractivity contribution is -0.119. The van der Waals surface area contributed by atoms with E-state index in [1.807, 2.05) is 19.9 Å². The van der Waals surface area contributed by atoms with E-state index >= 15 is 0 Å². The highest BCUT2D eigenvalue weighted by Crippen LogP contribution is 2.18. The first kappa shape index (κ1) is 18.2. The molecule has 0 saturated carbocycles. The Morgan fingerprint density at radius 3 is 2.62 bits per heavy atom. The first-order chi connectivity index (χ1) is 12.4. The third-order valence-electron chi connectivity index (χ3n) is 3.42. The smallest absolute Gasteiger partial charge is 0.269 e. The summed E-state index contributed by atoms with van der Waals surface area (Å²) >= 11 is 6.98. The Kier molecular flexibility index (Phi) is 5.38. The zero-order valence-corrected chi connectivity index (χ0v) is 15.6. The number of rotatable bonds is 4. The van der Waals surface area contributed by atoms with Crippen molar-refractivity contribution in [3.8, 4) is 0 Å². The summed E-state index contributed by atoms with van der Waals surface area (Å²) in [7, 11) is 0. The van der Waals surface area contributed by atoms with Gasteiger partial charge in [-0.1, -0.05) is 23.4 Å². The fourth-order valence-corrected chi connectivity index (χ4v) is 3.17. The van der Waals surface area contributed by atoms with Gasteiger partial charge in [0.2, 0.25) is 5.91 Å². The van der Waals surface area contributed by atoms with Crippen molar-refractivity contribution in [2.24, 2.45) is 0 Å². The molecule has 0 saturated heterocycles. The van der Waals surface area contributed by atoms with Crippen LogP contribution in [0.5, 0.6) is 0 Å². The van der Waals surface area contributed by atoms with Crippen LogP contribution in [0.2, 0.25) is 5.02 Å². The summed E-state index contributed by atoms with van der Waals surface area (Å²) in [5, 5.41) is 9.15. The van der Waals surface area contributed by atoms with Gasteiger partial charge in [-0.05, 0) is 44.2 Å². The lowest BCUT2D eigenvalue weighted by atomic mass is 10.2. The van der Waals surface area contributed by atoms with Gasteiger partial charge in [0.15, 0.2) is 5.16 Å². The van der Waals surface area contributed by atoms with Crippen LogP contribution in [0.4, 0.5) is 0 Å². The molecular weight excluding hydrogens is 376 g/mol. The molecule has 1 aromatic carbocycles. The van der Waals surface area contributed by atoms with E-state index in [4.69, 9.17) is 11.6 Å².